The predicted octanol–water partition coefficient (Wildman–Crippen LogP) is 4.11. The van der Waals surface area contributed by atoms with Gasteiger partial charge in [0.1, 0.15) is 6.73 Å². The zero-order valence-corrected chi connectivity index (χ0v) is 13.7. The van der Waals surface area contributed by atoms with Crippen LogP contribution in [0.15, 0.2) is 28.9 Å². The molecule has 5 heteroatoms. The molecule has 1 aromatic heterocycles. The molecule has 18 heavy (non-hydrogen) atoms. The van der Waals surface area contributed by atoms with E-state index in [0.29, 0.717) is 6.73 Å². The van der Waals surface area contributed by atoms with Crippen molar-refractivity contribution in [3.63, 3.8) is 0 Å². The minimum Gasteiger partial charge on any atom is -0.360 e. The topological polar surface area (TPSA) is 27.1 Å². The number of hydrogen-bond acceptors (Lipinski definition) is 2. The van der Waals surface area contributed by atoms with Crippen LogP contribution in [0.2, 0.25) is 25.7 Å². The molecule has 0 atom stereocenters. The lowest BCUT2D eigenvalue weighted by atomic mass is 10.3. The average Bonchev–Trinajstić information content (AvgIpc) is 2.65. The fraction of sp³-hybridized carbons (Fsp3) is 0.462. The van der Waals surface area contributed by atoms with Crippen LogP contribution in [0.1, 0.15) is 0 Å². The second-order valence-corrected chi connectivity index (χ2v) is 12.3. The molecule has 1 heterocycles. The molecular weight excluding hydrogens is 308 g/mol. The van der Waals surface area contributed by atoms with E-state index in [-0.39, 0.29) is 0 Å². The normalized spacial score (nSPS) is 12.2. The summed E-state index contributed by atoms with van der Waals surface area (Å²) in [6, 6.07) is 7.28. The largest absolute Gasteiger partial charge is 0.360 e. The first-order chi connectivity index (χ1) is 8.44. The van der Waals surface area contributed by atoms with Gasteiger partial charge in [-0.3, -0.25) is 0 Å². The van der Waals surface area contributed by atoms with Crippen molar-refractivity contribution in [3.05, 3.63) is 28.9 Å². The Kier molecular flexibility index (Phi) is 4.24. The summed E-state index contributed by atoms with van der Waals surface area (Å²) in [7, 11) is -0.996. The fourth-order valence-corrected chi connectivity index (χ4v) is 2.79. The molecule has 0 unspecified atom stereocenters. The van der Waals surface area contributed by atoms with Gasteiger partial charge >= 0.3 is 0 Å². The minimum atomic E-state index is -0.996. The highest BCUT2D eigenvalue weighted by Gasteiger charge is 2.12. The average molecular weight is 327 g/mol. The lowest BCUT2D eigenvalue weighted by Gasteiger charge is -2.15. The molecule has 0 aliphatic rings. The highest BCUT2D eigenvalue weighted by molar-refractivity contribution is 9.10. The molecule has 2 rings (SSSR count). The van der Waals surface area contributed by atoms with E-state index in [1.54, 1.807) is 0 Å². The number of hydrogen-bond donors (Lipinski definition) is 0. The summed E-state index contributed by atoms with van der Waals surface area (Å²) in [6.07, 6.45) is 2.02. The summed E-state index contributed by atoms with van der Waals surface area (Å²) in [5, 5.41) is 5.61. The van der Waals surface area contributed by atoms with E-state index in [1.165, 1.54) is 6.04 Å². The summed E-state index contributed by atoms with van der Waals surface area (Å²) in [6.45, 7) is 8.44. The Labute approximate surface area is 117 Å². The van der Waals surface area contributed by atoms with Gasteiger partial charge < -0.3 is 4.74 Å². The maximum Gasteiger partial charge on any atom is 0.139 e. The Morgan fingerprint density at radius 3 is 2.83 bits per heavy atom. The van der Waals surface area contributed by atoms with Crippen LogP contribution in [-0.2, 0) is 11.5 Å². The third-order valence-corrected chi connectivity index (χ3v) is 4.93. The van der Waals surface area contributed by atoms with E-state index in [0.717, 1.165) is 22.0 Å². The highest BCUT2D eigenvalue weighted by atomic mass is 79.9. The summed E-state index contributed by atoms with van der Waals surface area (Å²) >= 11 is 3.46. The Bertz CT molecular complexity index is 533. The molecule has 0 saturated carbocycles. The Morgan fingerprint density at radius 2 is 2.11 bits per heavy atom. The van der Waals surface area contributed by atoms with Crippen molar-refractivity contribution in [2.24, 2.45) is 0 Å². The standard InChI is InChI=1S/C13H19BrN2OSi/c1-18(2,3)7-6-17-10-16-9-11-8-12(14)4-5-13(11)15-16/h4-5,8-9H,6-7,10H2,1-3H3. The van der Waals surface area contributed by atoms with Gasteiger partial charge in [-0.05, 0) is 24.2 Å². The van der Waals surface area contributed by atoms with Crippen LogP contribution >= 0.6 is 15.9 Å². The summed E-state index contributed by atoms with van der Waals surface area (Å²) < 4.78 is 8.62. The number of nitrogens with zero attached hydrogens (tertiary/aromatic N) is 2. The van der Waals surface area contributed by atoms with Gasteiger partial charge in [-0.1, -0.05) is 35.6 Å². The van der Waals surface area contributed by atoms with E-state index in [4.69, 9.17) is 4.74 Å². The highest BCUT2D eigenvalue weighted by Crippen LogP contribution is 2.18. The molecule has 0 bridgehead atoms. The number of aromatic nitrogens is 2. The van der Waals surface area contributed by atoms with Gasteiger partial charge in [-0.2, -0.15) is 5.10 Å². The molecule has 0 aliphatic heterocycles. The minimum absolute atomic E-state index is 0.538. The van der Waals surface area contributed by atoms with Crippen molar-refractivity contribution in [1.82, 2.24) is 9.78 Å². The molecule has 0 N–H and O–H groups in total. The smallest absolute Gasteiger partial charge is 0.139 e. The SMILES string of the molecule is C[Si](C)(C)CCOCn1cc2cc(Br)ccc2n1. The number of halogens is 1. The molecule has 0 aliphatic carbocycles. The van der Waals surface area contributed by atoms with Crippen LogP contribution in [0.25, 0.3) is 10.9 Å². The Morgan fingerprint density at radius 1 is 1.33 bits per heavy atom. The molecular formula is C13H19BrN2OSi. The molecule has 0 saturated heterocycles. The van der Waals surface area contributed by atoms with E-state index < -0.39 is 8.07 Å². The molecule has 2 aromatic rings. The fourth-order valence-electron chi connectivity index (χ4n) is 1.65. The molecule has 3 nitrogen and oxygen atoms in total. The van der Waals surface area contributed by atoms with Crippen molar-refractivity contribution in [2.45, 2.75) is 32.4 Å². The van der Waals surface area contributed by atoms with Gasteiger partial charge in [-0.15, -0.1) is 0 Å². The Hall–Kier alpha value is -0.653. The molecule has 1 aromatic carbocycles. The number of ether oxygens (including phenoxy) is 1. The number of fused-ring (bicyclic) bond motifs is 1. The van der Waals surface area contributed by atoms with E-state index in [2.05, 4.69) is 46.7 Å². The second-order valence-electron chi connectivity index (χ2n) is 5.72. The summed E-state index contributed by atoms with van der Waals surface area (Å²) in [4.78, 5) is 0. The van der Waals surface area contributed by atoms with E-state index in [1.807, 2.05) is 23.0 Å². The number of benzene rings is 1. The molecule has 98 valence electrons. The van der Waals surface area contributed by atoms with Crippen molar-refractivity contribution < 1.29 is 4.74 Å². The quantitative estimate of drug-likeness (QED) is 0.610. The van der Waals surface area contributed by atoms with Gasteiger partial charge in [0.2, 0.25) is 0 Å². The van der Waals surface area contributed by atoms with Crippen molar-refractivity contribution >= 4 is 34.9 Å². The van der Waals surface area contributed by atoms with E-state index in [9.17, 15) is 0 Å². The van der Waals surface area contributed by atoms with Gasteiger partial charge in [0.25, 0.3) is 0 Å². The van der Waals surface area contributed by atoms with Gasteiger partial charge in [-0.25, -0.2) is 4.68 Å². The maximum absolute atomic E-state index is 5.68. The van der Waals surface area contributed by atoms with Gasteiger partial charge in [0.05, 0.1) is 5.52 Å². The van der Waals surface area contributed by atoms with Crippen molar-refractivity contribution in [2.75, 3.05) is 6.61 Å². The van der Waals surface area contributed by atoms with Crippen LogP contribution in [0.3, 0.4) is 0 Å². The first-order valence-electron chi connectivity index (χ1n) is 6.14. The summed E-state index contributed by atoms with van der Waals surface area (Å²) in [5.74, 6) is 0. The first kappa shape index (κ1) is 13.8. The zero-order chi connectivity index (χ0) is 13.2. The lowest BCUT2D eigenvalue weighted by Crippen LogP contribution is -2.22. The van der Waals surface area contributed by atoms with E-state index >= 15 is 0 Å². The second kappa shape index (κ2) is 5.55. The van der Waals surface area contributed by atoms with Crippen LogP contribution < -0.4 is 0 Å². The summed E-state index contributed by atoms with van der Waals surface area (Å²) in [5.41, 5.74) is 1.01. The molecule has 0 spiro atoms. The van der Waals surface area contributed by atoms with Crippen LogP contribution in [-0.4, -0.2) is 24.5 Å². The molecule has 0 radical (unpaired) electrons. The molecule has 0 amide bonds. The molecule has 0 fully saturated rings. The van der Waals surface area contributed by atoms with Crippen molar-refractivity contribution in [1.29, 1.82) is 0 Å². The van der Waals surface area contributed by atoms with Crippen LogP contribution in [0, 0.1) is 0 Å². The number of rotatable bonds is 5. The van der Waals surface area contributed by atoms with Crippen molar-refractivity contribution in [3.8, 4) is 0 Å². The Balaban J connectivity index is 1.92. The monoisotopic (exact) mass is 326 g/mol. The third kappa shape index (κ3) is 3.93. The predicted molar refractivity (Wildman–Crippen MR) is 81.5 cm³/mol. The van der Waals surface area contributed by atoms with Gasteiger partial charge in [0.15, 0.2) is 0 Å². The van der Waals surface area contributed by atoms with Crippen LogP contribution in [0.5, 0.6) is 0 Å². The first-order valence-corrected chi connectivity index (χ1v) is 10.6. The maximum atomic E-state index is 5.68. The third-order valence-electron chi connectivity index (χ3n) is 2.73. The lowest BCUT2D eigenvalue weighted by molar-refractivity contribution is 0.0791. The van der Waals surface area contributed by atoms with Crippen LogP contribution in [0.4, 0.5) is 0 Å². The van der Waals surface area contributed by atoms with Gasteiger partial charge in [0, 0.05) is 30.7 Å². The zero-order valence-electron chi connectivity index (χ0n) is 11.1.